The van der Waals surface area contributed by atoms with Gasteiger partial charge in [-0.15, -0.1) is 0 Å². The van der Waals surface area contributed by atoms with Gasteiger partial charge in [-0.2, -0.15) is 4.98 Å². The fraction of sp³-hybridized carbons (Fsp3) is 0.619. The van der Waals surface area contributed by atoms with Crippen molar-refractivity contribution >= 4 is 35.2 Å². The monoisotopic (exact) mass is 494 g/mol. The smallest absolute Gasteiger partial charge is 0.301 e. The molecule has 0 bridgehead atoms. The predicted molar refractivity (Wildman–Crippen MR) is 125 cm³/mol. The first-order valence-electron chi connectivity index (χ1n) is 11.1. The van der Waals surface area contributed by atoms with Gasteiger partial charge in [0, 0.05) is 45.2 Å². The Labute approximate surface area is 201 Å². The number of aromatic nitrogens is 1. The van der Waals surface area contributed by atoms with Crippen molar-refractivity contribution in [3.8, 4) is 5.88 Å². The molecule has 2 N–H and O–H groups in total. The van der Waals surface area contributed by atoms with E-state index in [2.05, 4.69) is 15.6 Å². The van der Waals surface area contributed by atoms with Crippen LogP contribution in [0.2, 0.25) is 0 Å². The van der Waals surface area contributed by atoms with Crippen LogP contribution in [0.15, 0.2) is 17.2 Å². The Morgan fingerprint density at radius 2 is 1.82 bits per heavy atom. The Morgan fingerprint density at radius 1 is 1.21 bits per heavy atom. The molecule has 2 fully saturated rings. The molecule has 34 heavy (non-hydrogen) atoms. The van der Waals surface area contributed by atoms with Gasteiger partial charge in [0.25, 0.3) is 0 Å². The molecule has 1 unspecified atom stereocenters. The summed E-state index contributed by atoms with van der Waals surface area (Å²) < 4.78 is 5.06. The summed E-state index contributed by atoms with van der Waals surface area (Å²) >= 11 is 0.945. The zero-order chi connectivity index (χ0) is 24.9. The molecule has 0 aliphatic carbocycles. The van der Waals surface area contributed by atoms with Gasteiger partial charge in [-0.05, 0) is 32.9 Å². The topological polar surface area (TPSA) is 147 Å². The second-order valence-electron chi connectivity index (χ2n) is 8.31. The third kappa shape index (κ3) is 5.76. The summed E-state index contributed by atoms with van der Waals surface area (Å²) in [4.78, 5) is 56.7. The highest BCUT2D eigenvalue weighted by atomic mass is 32.2. The molecule has 1 atom stereocenters. The second kappa shape index (κ2) is 11.0. The molecule has 2 aliphatic rings. The number of thioether (sulfide) groups is 1. The molecular formula is C21H30N6O6S. The van der Waals surface area contributed by atoms with Crippen molar-refractivity contribution in [3.63, 3.8) is 0 Å². The van der Waals surface area contributed by atoms with Gasteiger partial charge in [0.2, 0.25) is 23.6 Å². The van der Waals surface area contributed by atoms with Crippen LogP contribution in [0.1, 0.15) is 26.7 Å². The molecule has 186 valence electrons. The minimum atomic E-state index is -1.07. The summed E-state index contributed by atoms with van der Waals surface area (Å²) in [5.41, 5.74) is -1.29. The van der Waals surface area contributed by atoms with Crippen molar-refractivity contribution in [1.29, 1.82) is 0 Å². The number of piperazine rings is 1. The number of carbonyl (C=O) groups is 3. The van der Waals surface area contributed by atoms with E-state index in [4.69, 9.17) is 4.74 Å². The van der Waals surface area contributed by atoms with E-state index in [0.29, 0.717) is 52.1 Å². The van der Waals surface area contributed by atoms with Gasteiger partial charge in [0.15, 0.2) is 5.03 Å². The lowest BCUT2D eigenvalue weighted by atomic mass is 9.86. The molecule has 0 saturated carbocycles. The Morgan fingerprint density at radius 3 is 2.38 bits per heavy atom. The number of carbonyl (C=O) groups excluding carboxylic acids is 3. The maximum absolute atomic E-state index is 13.5. The van der Waals surface area contributed by atoms with Crippen LogP contribution < -0.4 is 15.4 Å². The summed E-state index contributed by atoms with van der Waals surface area (Å²) in [6, 6.07) is 2.68. The first kappa shape index (κ1) is 25.7. The van der Waals surface area contributed by atoms with E-state index in [-0.39, 0.29) is 28.4 Å². The van der Waals surface area contributed by atoms with E-state index in [1.165, 1.54) is 26.2 Å². The van der Waals surface area contributed by atoms with Crippen LogP contribution in [0.5, 0.6) is 5.88 Å². The third-order valence-electron chi connectivity index (χ3n) is 6.12. The quantitative estimate of drug-likeness (QED) is 0.312. The molecule has 3 heterocycles. The molecule has 13 heteroatoms. The van der Waals surface area contributed by atoms with Gasteiger partial charge in [0.05, 0.1) is 17.3 Å². The number of pyridine rings is 1. The number of rotatable bonds is 7. The summed E-state index contributed by atoms with van der Waals surface area (Å²) in [5.74, 6) is -0.381. The minimum absolute atomic E-state index is 0.0249. The molecule has 3 rings (SSSR count). The Bertz CT molecular complexity index is 946. The molecule has 1 aromatic rings. The van der Waals surface area contributed by atoms with Gasteiger partial charge in [-0.25, -0.2) is 0 Å². The van der Waals surface area contributed by atoms with Crippen LogP contribution in [-0.4, -0.2) is 94.6 Å². The number of hydrogen-bond acceptors (Lipinski definition) is 9. The fourth-order valence-corrected chi connectivity index (χ4v) is 4.99. The van der Waals surface area contributed by atoms with E-state index in [9.17, 15) is 24.5 Å². The molecule has 1 aromatic heterocycles. The van der Waals surface area contributed by atoms with Gasteiger partial charge in [-0.1, -0.05) is 11.8 Å². The number of nitrogens with one attached hydrogen (secondary N) is 2. The van der Waals surface area contributed by atoms with Crippen LogP contribution in [0, 0.1) is 10.1 Å². The number of nitrogens with zero attached hydrogens (tertiary/aromatic N) is 4. The maximum atomic E-state index is 13.5. The van der Waals surface area contributed by atoms with Crippen LogP contribution in [0.3, 0.4) is 0 Å². The molecule has 0 spiro atoms. The van der Waals surface area contributed by atoms with Crippen LogP contribution in [-0.2, 0) is 14.4 Å². The normalized spacial score (nSPS) is 18.7. The highest BCUT2D eigenvalue weighted by molar-refractivity contribution is 8.00. The Balaban J connectivity index is 1.74. The summed E-state index contributed by atoms with van der Waals surface area (Å²) in [6.07, 6.45) is 0.860. The largest absolute Gasteiger partial charge is 0.481 e. The molecule has 2 saturated heterocycles. The Kier molecular flexibility index (Phi) is 8.31. The molecule has 12 nitrogen and oxygen atoms in total. The maximum Gasteiger partial charge on any atom is 0.301 e. The molecule has 0 aromatic carbocycles. The first-order chi connectivity index (χ1) is 16.2. The van der Waals surface area contributed by atoms with E-state index in [0.717, 1.165) is 11.8 Å². The molecule has 0 radical (unpaired) electrons. The first-order valence-corrected chi connectivity index (χ1v) is 12.0. The van der Waals surface area contributed by atoms with Crippen molar-refractivity contribution < 1.29 is 24.0 Å². The standard InChI is InChI=1S/C21H30N6O6S/c1-14(34-19-16(27(31)32)4-5-17(23-19)33-3)18(29)24-21(6-8-22-9-7-21)20(30)26-12-10-25(11-13-26)15(2)28/h4-5,14,22H,6-13H2,1-3H3,(H,24,29). The van der Waals surface area contributed by atoms with Crippen LogP contribution in [0.25, 0.3) is 0 Å². The van der Waals surface area contributed by atoms with Crippen molar-refractivity contribution in [2.75, 3.05) is 46.4 Å². The number of nitro groups is 1. The lowest BCUT2D eigenvalue weighted by molar-refractivity contribution is -0.388. The van der Waals surface area contributed by atoms with Crippen LogP contribution in [0.4, 0.5) is 5.69 Å². The number of amides is 3. The Hall–Kier alpha value is -2.93. The van der Waals surface area contributed by atoms with Crippen molar-refractivity contribution in [2.45, 2.75) is 42.5 Å². The lowest BCUT2D eigenvalue weighted by Gasteiger charge is -2.43. The SMILES string of the molecule is COc1ccc([N+](=O)[O-])c(SC(C)C(=O)NC2(C(=O)N3CCN(C(C)=O)CC3)CCNCC2)n1. The van der Waals surface area contributed by atoms with E-state index in [1.54, 1.807) is 16.7 Å². The highest BCUT2D eigenvalue weighted by Crippen LogP contribution is 2.33. The predicted octanol–water partition coefficient (Wildman–Crippen LogP) is 0.408. The van der Waals surface area contributed by atoms with Gasteiger partial charge < -0.3 is 25.2 Å². The van der Waals surface area contributed by atoms with Gasteiger partial charge in [-0.3, -0.25) is 24.5 Å². The van der Waals surface area contributed by atoms with E-state index < -0.39 is 21.6 Å². The minimum Gasteiger partial charge on any atom is -0.481 e. The van der Waals surface area contributed by atoms with Crippen LogP contribution >= 0.6 is 11.8 Å². The fourth-order valence-electron chi connectivity index (χ4n) is 4.09. The zero-order valence-electron chi connectivity index (χ0n) is 19.5. The molecule has 2 aliphatic heterocycles. The van der Waals surface area contributed by atoms with Crippen molar-refractivity contribution in [3.05, 3.63) is 22.2 Å². The number of piperidine rings is 1. The summed E-state index contributed by atoms with van der Waals surface area (Å²) in [7, 11) is 1.40. The van der Waals surface area contributed by atoms with Crippen molar-refractivity contribution in [2.24, 2.45) is 0 Å². The highest BCUT2D eigenvalue weighted by Gasteiger charge is 2.44. The average molecular weight is 495 g/mol. The average Bonchev–Trinajstić information content (AvgIpc) is 2.83. The molecule has 3 amide bonds. The number of methoxy groups -OCH3 is 1. The summed E-state index contributed by atoms with van der Waals surface area (Å²) in [6.45, 7) is 6.01. The molecular weight excluding hydrogens is 464 g/mol. The number of hydrogen-bond donors (Lipinski definition) is 2. The summed E-state index contributed by atoms with van der Waals surface area (Å²) in [5, 5.41) is 16.9. The van der Waals surface area contributed by atoms with E-state index in [1.807, 2.05) is 0 Å². The third-order valence-corrected chi connectivity index (χ3v) is 7.21. The van der Waals surface area contributed by atoms with E-state index >= 15 is 0 Å². The van der Waals surface area contributed by atoms with Gasteiger partial charge >= 0.3 is 5.69 Å². The second-order valence-corrected chi connectivity index (χ2v) is 9.64. The number of ether oxygens (including phenoxy) is 1. The van der Waals surface area contributed by atoms with Gasteiger partial charge in [0.1, 0.15) is 5.54 Å². The zero-order valence-corrected chi connectivity index (χ0v) is 20.4. The van der Waals surface area contributed by atoms with Crippen molar-refractivity contribution in [1.82, 2.24) is 25.4 Å². The lowest BCUT2D eigenvalue weighted by Crippen LogP contribution is -2.66.